The third-order valence-corrected chi connectivity index (χ3v) is 5.94. The minimum atomic E-state index is -2.89. The highest BCUT2D eigenvalue weighted by molar-refractivity contribution is 7.90. The fourth-order valence-electron chi connectivity index (χ4n) is 3.45. The van der Waals surface area contributed by atoms with Gasteiger partial charge in [-0.15, -0.1) is 0 Å². The molecule has 2 rings (SSSR count). The van der Waals surface area contributed by atoms with Crippen LogP contribution >= 0.6 is 0 Å². The van der Waals surface area contributed by atoms with E-state index in [1.165, 1.54) is 31.9 Å². The molecule has 0 radical (unpaired) electrons. The Morgan fingerprint density at radius 1 is 1.29 bits per heavy atom. The Kier molecular flexibility index (Phi) is 5.68. The smallest absolute Gasteiger partial charge is 0.148 e. The van der Waals surface area contributed by atoms with Gasteiger partial charge in [0.2, 0.25) is 0 Å². The molecule has 0 bridgehead atoms. The standard InChI is InChI=1S/C15H30N2O3S/c1-17(10-11-21(2,19)20)9-7-13-4-3-8-15(13,12-18)16-14-5-6-14/h13-14,16,18H,3-12H2,1-2H3. The molecule has 0 spiro atoms. The second kappa shape index (κ2) is 6.94. The van der Waals surface area contributed by atoms with Crippen LogP contribution in [-0.2, 0) is 9.84 Å². The van der Waals surface area contributed by atoms with E-state index in [-0.39, 0.29) is 17.9 Å². The summed E-state index contributed by atoms with van der Waals surface area (Å²) in [4.78, 5) is 2.10. The molecule has 2 unspecified atom stereocenters. The van der Waals surface area contributed by atoms with E-state index in [0.717, 1.165) is 19.4 Å². The molecule has 0 amide bonds. The van der Waals surface area contributed by atoms with Crippen LogP contribution in [0.25, 0.3) is 0 Å². The first-order valence-electron chi connectivity index (χ1n) is 8.09. The van der Waals surface area contributed by atoms with Crippen LogP contribution in [0.15, 0.2) is 0 Å². The van der Waals surface area contributed by atoms with Crippen LogP contribution in [0.2, 0.25) is 0 Å². The maximum Gasteiger partial charge on any atom is 0.148 e. The third-order valence-electron chi connectivity index (χ3n) is 5.01. The number of hydrogen-bond acceptors (Lipinski definition) is 5. The minimum Gasteiger partial charge on any atom is -0.394 e. The van der Waals surface area contributed by atoms with Gasteiger partial charge >= 0.3 is 0 Å². The van der Waals surface area contributed by atoms with Crippen molar-refractivity contribution in [1.82, 2.24) is 10.2 Å². The van der Waals surface area contributed by atoms with Gasteiger partial charge in [-0.2, -0.15) is 0 Å². The van der Waals surface area contributed by atoms with Gasteiger partial charge in [-0.25, -0.2) is 8.42 Å². The first-order valence-corrected chi connectivity index (χ1v) is 10.2. The van der Waals surface area contributed by atoms with Crippen molar-refractivity contribution in [2.75, 3.05) is 38.8 Å². The Labute approximate surface area is 129 Å². The van der Waals surface area contributed by atoms with Crippen molar-refractivity contribution in [1.29, 1.82) is 0 Å². The highest BCUT2D eigenvalue weighted by atomic mass is 32.2. The molecule has 2 saturated carbocycles. The van der Waals surface area contributed by atoms with Crippen molar-refractivity contribution in [3.8, 4) is 0 Å². The van der Waals surface area contributed by atoms with E-state index >= 15 is 0 Å². The van der Waals surface area contributed by atoms with Crippen LogP contribution in [0.3, 0.4) is 0 Å². The molecular weight excluding hydrogens is 288 g/mol. The summed E-state index contributed by atoms with van der Waals surface area (Å²) < 4.78 is 22.4. The van der Waals surface area contributed by atoms with Gasteiger partial charge in [0.25, 0.3) is 0 Å². The van der Waals surface area contributed by atoms with Crippen molar-refractivity contribution in [3.63, 3.8) is 0 Å². The molecule has 2 aliphatic carbocycles. The molecule has 2 fully saturated rings. The van der Waals surface area contributed by atoms with Gasteiger partial charge in [-0.3, -0.25) is 0 Å². The van der Waals surface area contributed by atoms with Gasteiger partial charge in [0, 0.05) is 24.4 Å². The van der Waals surface area contributed by atoms with Gasteiger partial charge < -0.3 is 15.3 Å². The minimum absolute atomic E-state index is 0.0845. The molecule has 2 aliphatic rings. The largest absolute Gasteiger partial charge is 0.394 e. The molecule has 0 aliphatic heterocycles. The molecule has 2 atom stereocenters. The molecule has 6 heteroatoms. The van der Waals surface area contributed by atoms with Crippen molar-refractivity contribution in [2.45, 2.75) is 50.1 Å². The monoisotopic (exact) mass is 318 g/mol. The Hall–Kier alpha value is -0.170. The third kappa shape index (κ3) is 5.20. The highest BCUT2D eigenvalue weighted by Crippen LogP contribution is 2.40. The zero-order valence-corrected chi connectivity index (χ0v) is 14.2. The number of aliphatic hydroxyl groups is 1. The number of hydrogen-bond donors (Lipinski definition) is 2. The van der Waals surface area contributed by atoms with E-state index in [0.29, 0.717) is 18.5 Å². The fourth-order valence-corrected chi connectivity index (χ4v) is 4.10. The number of nitrogens with one attached hydrogen (secondary N) is 1. The Morgan fingerprint density at radius 3 is 2.57 bits per heavy atom. The lowest BCUT2D eigenvalue weighted by Gasteiger charge is -2.36. The average Bonchev–Trinajstić information content (AvgIpc) is 3.13. The van der Waals surface area contributed by atoms with E-state index in [9.17, 15) is 13.5 Å². The molecule has 21 heavy (non-hydrogen) atoms. The van der Waals surface area contributed by atoms with Crippen LogP contribution in [0.1, 0.15) is 38.5 Å². The van der Waals surface area contributed by atoms with Crippen molar-refractivity contribution < 1.29 is 13.5 Å². The summed E-state index contributed by atoms with van der Waals surface area (Å²) in [6, 6.07) is 0.612. The molecular formula is C15H30N2O3S. The van der Waals surface area contributed by atoms with E-state index in [4.69, 9.17) is 0 Å². The van der Waals surface area contributed by atoms with Crippen LogP contribution in [0.5, 0.6) is 0 Å². The number of sulfone groups is 1. The first-order chi connectivity index (χ1) is 9.85. The summed E-state index contributed by atoms with van der Waals surface area (Å²) in [5.41, 5.74) is -0.0845. The van der Waals surface area contributed by atoms with Crippen molar-refractivity contribution >= 4 is 9.84 Å². The Balaban J connectivity index is 1.80. The topological polar surface area (TPSA) is 69.6 Å². The van der Waals surface area contributed by atoms with E-state index in [2.05, 4.69) is 10.2 Å². The lowest BCUT2D eigenvalue weighted by molar-refractivity contribution is 0.112. The maximum atomic E-state index is 11.2. The first kappa shape index (κ1) is 17.2. The summed E-state index contributed by atoms with van der Waals surface area (Å²) >= 11 is 0. The summed E-state index contributed by atoms with van der Waals surface area (Å²) in [7, 11) is -0.904. The second-order valence-electron chi connectivity index (χ2n) is 7.04. The molecule has 0 aromatic carbocycles. The van der Waals surface area contributed by atoms with Crippen molar-refractivity contribution in [3.05, 3.63) is 0 Å². The Bertz CT molecular complexity index is 436. The zero-order chi connectivity index (χ0) is 15.5. The average molecular weight is 318 g/mol. The number of aliphatic hydroxyl groups excluding tert-OH is 1. The fraction of sp³-hybridized carbons (Fsp3) is 1.00. The summed E-state index contributed by atoms with van der Waals surface area (Å²) in [6.45, 7) is 1.71. The molecule has 0 aromatic rings. The molecule has 124 valence electrons. The number of rotatable bonds is 9. The van der Waals surface area contributed by atoms with Gasteiger partial charge in [0.15, 0.2) is 0 Å². The van der Waals surface area contributed by atoms with E-state index in [1.807, 2.05) is 7.05 Å². The van der Waals surface area contributed by atoms with Gasteiger partial charge in [-0.05, 0) is 51.6 Å². The molecule has 2 N–H and O–H groups in total. The quantitative estimate of drug-likeness (QED) is 0.653. The van der Waals surface area contributed by atoms with Gasteiger partial charge in [0.1, 0.15) is 9.84 Å². The van der Waals surface area contributed by atoms with E-state index < -0.39 is 9.84 Å². The second-order valence-corrected chi connectivity index (χ2v) is 9.30. The zero-order valence-electron chi connectivity index (χ0n) is 13.3. The lowest BCUT2D eigenvalue weighted by atomic mass is 9.85. The molecule has 5 nitrogen and oxygen atoms in total. The van der Waals surface area contributed by atoms with Gasteiger partial charge in [-0.1, -0.05) is 6.42 Å². The SMILES string of the molecule is CN(CCC1CCCC1(CO)NC1CC1)CCS(C)(=O)=O. The van der Waals surface area contributed by atoms with Crippen LogP contribution in [-0.4, -0.2) is 68.8 Å². The highest BCUT2D eigenvalue weighted by Gasteiger charge is 2.44. The summed E-state index contributed by atoms with van der Waals surface area (Å²) in [5.74, 6) is 0.725. The van der Waals surface area contributed by atoms with Gasteiger partial charge in [0.05, 0.1) is 12.4 Å². The predicted octanol–water partition coefficient (Wildman–Crippen LogP) is 0.636. The molecule has 0 heterocycles. The summed E-state index contributed by atoms with van der Waals surface area (Å²) in [6.07, 6.45) is 8.20. The lowest BCUT2D eigenvalue weighted by Crippen LogP contribution is -2.53. The van der Waals surface area contributed by atoms with Crippen molar-refractivity contribution in [2.24, 2.45) is 5.92 Å². The van der Waals surface area contributed by atoms with Crippen LogP contribution in [0.4, 0.5) is 0 Å². The van der Waals surface area contributed by atoms with Crippen LogP contribution < -0.4 is 5.32 Å². The predicted molar refractivity (Wildman–Crippen MR) is 85.1 cm³/mol. The number of nitrogens with zero attached hydrogens (tertiary/aromatic N) is 1. The molecule has 0 aromatic heterocycles. The maximum absolute atomic E-state index is 11.2. The molecule has 0 saturated heterocycles. The van der Waals surface area contributed by atoms with E-state index in [1.54, 1.807) is 0 Å². The summed E-state index contributed by atoms with van der Waals surface area (Å²) in [5, 5.41) is 13.6. The van der Waals surface area contributed by atoms with Crippen LogP contribution in [0, 0.1) is 5.92 Å². The Morgan fingerprint density at radius 2 is 2.00 bits per heavy atom. The normalized spacial score (nSPS) is 30.2.